The van der Waals surface area contributed by atoms with Gasteiger partial charge in [0.15, 0.2) is 0 Å². The molecular formula is C18H29FN2. The highest BCUT2D eigenvalue weighted by Gasteiger charge is 2.26. The Morgan fingerprint density at radius 3 is 2.48 bits per heavy atom. The predicted molar refractivity (Wildman–Crippen MR) is 86.9 cm³/mol. The van der Waals surface area contributed by atoms with Crippen molar-refractivity contribution in [2.45, 2.75) is 52.1 Å². The molecule has 1 saturated heterocycles. The molecule has 0 bridgehead atoms. The van der Waals surface area contributed by atoms with Crippen molar-refractivity contribution in [3.8, 4) is 0 Å². The molecule has 1 aliphatic heterocycles. The Hall–Kier alpha value is -0.930. The molecule has 21 heavy (non-hydrogen) atoms. The summed E-state index contributed by atoms with van der Waals surface area (Å²) in [5, 5.41) is 3.42. The summed E-state index contributed by atoms with van der Waals surface area (Å²) in [5.41, 5.74) is 0.850. The van der Waals surface area contributed by atoms with Crippen LogP contribution in [0.1, 0.15) is 51.6 Å². The third-order valence-electron chi connectivity index (χ3n) is 4.64. The second-order valence-electron chi connectivity index (χ2n) is 6.43. The van der Waals surface area contributed by atoms with E-state index in [-0.39, 0.29) is 11.9 Å². The van der Waals surface area contributed by atoms with Crippen LogP contribution in [0.2, 0.25) is 0 Å². The Kier molecular flexibility index (Phi) is 6.19. The summed E-state index contributed by atoms with van der Waals surface area (Å²) < 4.78 is 14.2. The molecule has 1 aromatic rings. The average molecular weight is 292 g/mol. The van der Waals surface area contributed by atoms with Gasteiger partial charge in [0.1, 0.15) is 5.82 Å². The molecule has 0 spiro atoms. The highest BCUT2D eigenvalue weighted by atomic mass is 19.1. The van der Waals surface area contributed by atoms with Gasteiger partial charge < -0.3 is 5.32 Å². The van der Waals surface area contributed by atoms with Gasteiger partial charge in [-0.2, -0.15) is 0 Å². The molecular weight excluding hydrogens is 263 g/mol. The first-order chi connectivity index (χ1) is 10.1. The summed E-state index contributed by atoms with van der Waals surface area (Å²) in [4.78, 5) is 2.49. The normalized spacial score (nSPS) is 18.4. The van der Waals surface area contributed by atoms with Gasteiger partial charge in [-0.1, -0.05) is 25.1 Å². The lowest BCUT2D eigenvalue weighted by molar-refractivity contribution is 0.110. The molecule has 0 radical (unpaired) electrons. The number of halogens is 1. The molecule has 1 unspecified atom stereocenters. The number of hydrogen-bond acceptors (Lipinski definition) is 2. The summed E-state index contributed by atoms with van der Waals surface area (Å²) in [6.45, 7) is 9.93. The van der Waals surface area contributed by atoms with Crippen molar-refractivity contribution in [2.24, 2.45) is 5.92 Å². The maximum absolute atomic E-state index is 14.2. The van der Waals surface area contributed by atoms with Crippen molar-refractivity contribution in [3.63, 3.8) is 0 Å². The SMILES string of the molecule is CCC(c1ccccc1F)N(CC1CCNCC1)C(C)C. The molecule has 2 nitrogen and oxygen atoms in total. The van der Waals surface area contributed by atoms with Crippen molar-refractivity contribution in [1.29, 1.82) is 0 Å². The molecule has 2 rings (SSSR count). The van der Waals surface area contributed by atoms with Gasteiger partial charge in [-0.3, -0.25) is 4.90 Å². The average Bonchev–Trinajstić information content (AvgIpc) is 2.49. The number of piperidine rings is 1. The molecule has 1 aliphatic rings. The Bertz CT molecular complexity index is 427. The first-order valence-corrected chi connectivity index (χ1v) is 8.34. The van der Waals surface area contributed by atoms with Crippen LogP contribution in [0.4, 0.5) is 4.39 Å². The maximum Gasteiger partial charge on any atom is 0.127 e. The van der Waals surface area contributed by atoms with E-state index in [9.17, 15) is 4.39 Å². The Morgan fingerprint density at radius 2 is 1.90 bits per heavy atom. The third kappa shape index (κ3) is 4.27. The standard InChI is InChI=1S/C18H29FN2/c1-4-18(16-7-5-6-8-17(16)19)21(14(2)3)13-15-9-11-20-12-10-15/h5-8,14-15,18,20H,4,9-13H2,1-3H3. The van der Waals surface area contributed by atoms with Gasteiger partial charge in [0, 0.05) is 24.2 Å². The van der Waals surface area contributed by atoms with Crippen molar-refractivity contribution >= 4 is 0 Å². The maximum atomic E-state index is 14.2. The molecule has 1 N–H and O–H groups in total. The van der Waals surface area contributed by atoms with Crippen LogP contribution in [0.15, 0.2) is 24.3 Å². The largest absolute Gasteiger partial charge is 0.317 e. The van der Waals surface area contributed by atoms with Gasteiger partial charge >= 0.3 is 0 Å². The van der Waals surface area contributed by atoms with Gasteiger partial charge in [-0.15, -0.1) is 0 Å². The van der Waals surface area contributed by atoms with Crippen LogP contribution in [0, 0.1) is 11.7 Å². The van der Waals surface area contributed by atoms with E-state index in [1.807, 2.05) is 12.1 Å². The van der Waals surface area contributed by atoms with Crippen LogP contribution in [-0.2, 0) is 0 Å². The second-order valence-corrected chi connectivity index (χ2v) is 6.43. The Morgan fingerprint density at radius 1 is 1.24 bits per heavy atom. The van der Waals surface area contributed by atoms with E-state index >= 15 is 0 Å². The van der Waals surface area contributed by atoms with Crippen molar-refractivity contribution < 1.29 is 4.39 Å². The predicted octanol–water partition coefficient (Wildman–Crippen LogP) is 3.99. The molecule has 0 aliphatic carbocycles. The minimum absolute atomic E-state index is 0.0692. The van der Waals surface area contributed by atoms with Crippen molar-refractivity contribution in [3.05, 3.63) is 35.6 Å². The van der Waals surface area contributed by atoms with Gasteiger partial charge in [0.2, 0.25) is 0 Å². The Labute approximate surface area is 128 Å². The van der Waals surface area contributed by atoms with E-state index in [2.05, 4.69) is 31.0 Å². The smallest absolute Gasteiger partial charge is 0.127 e. The summed E-state index contributed by atoms with van der Waals surface area (Å²) in [6, 6.07) is 7.87. The minimum Gasteiger partial charge on any atom is -0.317 e. The van der Waals surface area contributed by atoms with Crippen LogP contribution in [-0.4, -0.2) is 30.6 Å². The first kappa shape index (κ1) is 16.4. The Balaban J connectivity index is 2.16. The van der Waals surface area contributed by atoms with Crippen LogP contribution in [0.3, 0.4) is 0 Å². The van der Waals surface area contributed by atoms with Gasteiger partial charge in [-0.25, -0.2) is 4.39 Å². The monoisotopic (exact) mass is 292 g/mol. The van der Waals surface area contributed by atoms with E-state index in [1.54, 1.807) is 12.1 Å². The van der Waals surface area contributed by atoms with Crippen LogP contribution < -0.4 is 5.32 Å². The van der Waals surface area contributed by atoms with Gasteiger partial charge in [0.05, 0.1) is 0 Å². The van der Waals surface area contributed by atoms with E-state index in [0.29, 0.717) is 6.04 Å². The molecule has 1 heterocycles. The van der Waals surface area contributed by atoms with Crippen LogP contribution in [0.5, 0.6) is 0 Å². The quantitative estimate of drug-likeness (QED) is 0.853. The fourth-order valence-electron chi connectivity index (χ4n) is 3.44. The van der Waals surface area contributed by atoms with Gasteiger partial charge in [-0.05, 0) is 58.2 Å². The van der Waals surface area contributed by atoms with Gasteiger partial charge in [0.25, 0.3) is 0 Å². The van der Waals surface area contributed by atoms with Crippen molar-refractivity contribution in [2.75, 3.05) is 19.6 Å². The number of hydrogen-bond donors (Lipinski definition) is 1. The van der Waals surface area contributed by atoms with E-state index in [0.717, 1.165) is 37.5 Å². The third-order valence-corrected chi connectivity index (χ3v) is 4.64. The van der Waals surface area contributed by atoms with E-state index in [1.165, 1.54) is 12.8 Å². The number of rotatable bonds is 6. The number of nitrogens with zero attached hydrogens (tertiary/aromatic N) is 1. The highest BCUT2D eigenvalue weighted by molar-refractivity contribution is 5.21. The molecule has 1 aromatic carbocycles. The molecule has 3 heteroatoms. The molecule has 0 saturated carbocycles. The summed E-state index contributed by atoms with van der Waals surface area (Å²) in [6.07, 6.45) is 3.41. The lowest BCUT2D eigenvalue weighted by atomic mass is 9.94. The number of benzene rings is 1. The zero-order valence-corrected chi connectivity index (χ0v) is 13.6. The minimum atomic E-state index is -0.0692. The fourth-order valence-corrected chi connectivity index (χ4v) is 3.44. The summed E-state index contributed by atoms with van der Waals surface area (Å²) >= 11 is 0. The molecule has 118 valence electrons. The summed E-state index contributed by atoms with van der Waals surface area (Å²) in [7, 11) is 0. The molecule has 1 fully saturated rings. The molecule has 1 atom stereocenters. The second kappa shape index (κ2) is 7.90. The zero-order valence-electron chi connectivity index (χ0n) is 13.6. The van der Waals surface area contributed by atoms with Crippen LogP contribution in [0.25, 0.3) is 0 Å². The summed E-state index contributed by atoms with van der Waals surface area (Å²) in [5.74, 6) is 0.662. The highest BCUT2D eigenvalue weighted by Crippen LogP contribution is 2.30. The van der Waals surface area contributed by atoms with Crippen molar-refractivity contribution in [1.82, 2.24) is 10.2 Å². The lowest BCUT2D eigenvalue weighted by Crippen LogP contribution is -2.41. The van der Waals surface area contributed by atoms with E-state index < -0.39 is 0 Å². The van der Waals surface area contributed by atoms with Crippen LogP contribution >= 0.6 is 0 Å². The number of nitrogens with one attached hydrogen (secondary N) is 1. The fraction of sp³-hybridized carbons (Fsp3) is 0.667. The topological polar surface area (TPSA) is 15.3 Å². The first-order valence-electron chi connectivity index (χ1n) is 8.34. The van der Waals surface area contributed by atoms with E-state index in [4.69, 9.17) is 0 Å². The zero-order chi connectivity index (χ0) is 15.2. The molecule has 0 aromatic heterocycles. The lowest BCUT2D eigenvalue weighted by Gasteiger charge is -2.38. The molecule has 0 amide bonds.